The summed E-state index contributed by atoms with van der Waals surface area (Å²) in [6.07, 6.45) is 5.86. The van der Waals surface area contributed by atoms with Crippen molar-refractivity contribution in [3.63, 3.8) is 0 Å². The number of ether oxygens (including phenoxy) is 1. The molecule has 0 bridgehead atoms. The van der Waals surface area contributed by atoms with Crippen LogP contribution in [0.1, 0.15) is 36.5 Å². The van der Waals surface area contributed by atoms with Gasteiger partial charge in [-0.2, -0.15) is 0 Å². The van der Waals surface area contributed by atoms with Crippen molar-refractivity contribution in [2.45, 2.75) is 31.7 Å². The lowest BCUT2D eigenvalue weighted by Crippen LogP contribution is -2.51. The van der Waals surface area contributed by atoms with Crippen LogP contribution in [0.3, 0.4) is 0 Å². The van der Waals surface area contributed by atoms with Crippen LogP contribution in [-0.4, -0.2) is 44.2 Å². The first kappa shape index (κ1) is 19.4. The van der Waals surface area contributed by atoms with Gasteiger partial charge in [-0.3, -0.25) is 4.79 Å². The van der Waals surface area contributed by atoms with E-state index in [1.165, 1.54) is 0 Å². The van der Waals surface area contributed by atoms with Gasteiger partial charge in [0.05, 0.1) is 18.8 Å². The number of hydrogen-bond donors (Lipinski definition) is 1. The lowest BCUT2D eigenvalue weighted by molar-refractivity contribution is 0.0845. The average Bonchev–Trinajstić information content (AvgIpc) is 2.68. The van der Waals surface area contributed by atoms with Gasteiger partial charge in [-0.05, 0) is 50.1 Å². The summed E-state index contributed by atoms with van der Waals surface area (Å²) in [5.41, 5.74) is 1.29. The zero-order valence-electron chi connectivity index (χ0n) is 15.3. The van der Waals surface area contributed by atoms with E-state index in [4.69, 9.17) is 4.74 Å². The summed E-state index contributed by atoms with van der Waals surface area (Å²) in [5, 5.41) is 3.44. The zero-order chi connectivity index (χ0) is 18.1. The number of hydrogen-bond acceptors (Lipinski definition) is 4. The predicted molar refractivity (Wildman–Crippen MR) is 104 cm³/mol. The highest BCUT2D eigenvalue weighted by atomic mass is 16.5. The molecule has 0 amide bonds. The number of rotatable bonds is 10. The van der Waals surface area contributed by atoms with Gasteiger partial charge < -0.3 is 15.0 Å². The summed E-state index contributed by atoms with van der Waals surface area (Å²) in [7, 11) is 0. The molecule has 136 valence electrons. The maximum atomic E-state index is 13.2. The lowest BCUT2D eigenvalue weighted by Gasteiger charge is -2.32. The molecule has 4 nitrogen and oxygen atoms in total. The van der Waals surface area contributed by atoms with Crippen LogP contribution in [0.4, 0.5) is 5.69 Å². The van der Waals surface area contributed by atoms with Crippen LogP contribution in [-0.2, 0) is 4.74 Å². The van der Waals surface area contributed by atoms with Gasteiger partial charge in [0.1, 0.15) is 0 Å². The van der Waals surface area contributed by atoms with Crippen molar-refractivity contribution in [3.8, 4) is 0 Å². The van der Waals surface area contributed by atoms with Crippen LogP contribution in [0.5, 0.6) is 0 Å². The molecule has 25 heavy (non-hydrogen) atoms. The molecule has 1 saturated heterocycles. The zero-order valence-corrected chi connectivity index (χ0v) is 15.3. The van der Waals surface area contributed by atoms with Crippen LogP contribution >= 0.6 is 0 Å². The summed E-state index contributed by atoms with van der Waals surface area (Å²) >= 11 is 0. The lowest BCUT2D eigenvalue weighted by atomic mass is 9.83. The summed E-state index contributed by atoms with van der Waals surface area (Å²) in [4.78, 5) is 15.5. The maximum Gasteiger partial charge on any atom is 0.183 e. The minimum atomic E-state index is -0.592. The van der Waals surface area contributed by atoms with Crippen molar-refractivity contribution in [1.29, 1.82) is 0 Å². The molecule has 1 fully saturated rings. The molecule has 1 aliphatic heterocycles. The van der Waals surface area contributed by atoms with Crippen molar-refractivity contribution in [3.05, 3.63) is 55.1 Å². The first-order valence-electron chi connectivity index (χ1n) is 9.11. The molecule has 4 heteroatoms. The number of carbonyl (C=O) groups is 1. The minimum Gasteiger partial charge on any atom is -0.378 e. The SMILES string of the molecule is C=CCCNC(CC)(CC=C)C(=O)c1ccc(N2CCOCC2)cc1. The van der Waals surface area contributed by atoms with Gasteiger partial charge in [0.25, 0.3) is 0 Å². The third-order valence-corrected chi connectivity index (χ3v) is 4.85. The quantitative estimate of drug-likeness (QED) is 0.401. The van der Waals surface area contributed by atoms with Crippen LogP contribution in [0.2, 0.25) is 0 Å². The largest absolute Gasteiger partial charge is 0.378 e. The molecule has 0 aromatic heterocycles. The van der Waals surface area contributed by atoms with Crippen molar-refractivity contribution in [2.75, 3.05) is 37.7 Å². The summed E-state index contributed by atoms with van der Waals surface area (Å²) < 4.78 is 5.40. The second-order valence-electron chi connectivity index (χ2n) is 6.41. The molecule has 1 aliphatic rings. The fourth-order valence-corrected chi connectivity index (χ4v) is 3.26. The molecule has 1 aromatic carbocycles. The number of carbonyl (C=O) groups excluding carboxylic acids is 1. The second-order valence-corrected chi connectivity index (χ2v) is 6.41. The first-order valence-corrected chi connectivity index (χ1v) is 9.11. The third kappa shape index (κ3) is 4.80. The van der Waals surface area contributed by atoms with E-state index < -0.39 is 5.54 Å². The maximum absolute atomic E-state index is 13.2. The molecule has 0 radical (unpaired) electrons. The Morgan fingerprint density at radius 2 is 1.92 bits per heavy atom. The average molecular weight is 342 g/mol. The summed E-state index contributed by atoms with van der Waals surface area (Å²) in [6, 6.07) is 7.96. The number of ketones is 1. The molecule has 0 saturated carbocycles. The Morgan fingerprint density at radius 3 is 2.48 bits per heavy atom. The van der Waals surface area contributed by atoms with E-state index in [2.05, 4.69) is 23.4 Å². The Balaban J connectivity index is 2.16. The molecular weight excluding hydrogens is 312 g/mol. The number of Topliss-reactive ketones (excluding diaryl/α,β-unsaturated/α-hetero) is 1. The van der Waals surface area contributed by atoms with Gasteiger partial charge in [-0.15, -0.1) is 13.2 Å². The molecular formula is C21H30N2O2. The van der Waals surface area contributed by atoms with Crippen LogP contribution in [0, 0.1) is 0 Å². The van der Waals surface area contributed by atoms with E-state index >= 15 is 0 Å². The van der Waals surface area contributed by atoms with Crippen LogP contribution in [0.25, 0.3) is 0 Å². The van der Waals surface area contributed by atoms with Crippen molar-refractivity contribution < 1.29 is 9.53 Å². The monoisotopic (exact) mass is 342 g/mol. The number of nitrogens with zero attached hydrogens (tertiary/aromatic N) is 1. The van der Waals surface area contributed by atoms with Crippen LogP contribution in [0.15, 0.2) is 49.6 Å². The van der Waals surface area contributed by atoms with Gasteiger partial charge in [-0.25, -0.2) is 0 Å². The standard InChI is InChI=1S/C21H30N2O2/c1-4-7-13-22-21(6-3,12-5-2)20(24)18-8-10-19(11-9-18)23-14-16-25-17-15-23/h4-5,8-11,22H,1-2,6-7,12-17H2,3H3. The smallest absolute Gasteiger partial charge is 0.183 e. The van der Waals surface area contributed by atoms with E-state index in [1.807, 2.05) is 43.3 Å². The Bertz CT molecular complexity index is 576. The topological polar surface area (TPSA) is 41.6 Å². The van der Waals surface area contributed by atoms with Gasteiger partial charge in [0, 0.05) is 24.3 Å². The third-order valence-electron chi connectivity index (χ3n) is 4.85. The van der Waals surface area contributed by atoms with Gasteiger partial charge in [0.15, 0.2) is 5.78 Å². The Kier molecular flexibility index (Phi) is 7.41. The molecule has 1 aromatic rings. The fourth-order valence-electron chi connectivity index (χ4n) is 3.26. The Morgan fingerprint density at radius 1 is 1.24 bits per heavy atom. The normalized spacial score (nSPS) is 16.9. The fraction of sp³-hybridized carbons (Fsp3) is 0.476. The van der Waals surface area contributed by atoms with E-state index in [0.717, 1.165) is 56.9 Å². The van der Waals surface area contributed by atoms with E-state index in [9.17, 15) is 4.79 Å². The number of morpholine rings is 1. The van der Waals surface area contributed by atoms with E-state index in [1.54, 1.807) is 0 Å². The van der Waals surface area contributed by atoms with Gasteiger partial charge in [0.2, 0.25) is 0 Å². The van der Waals surface area contributed by atoms with Crippen LogP contribution < -0.4 is 10.2 Å². The second kappa shape index (κ2) is 9.54. The van der Waals surface area contributed by atoms with Crippen molar-refractivity contribution in [2.24, 2.45) is 0 Å². The highest BCUT2D eigenvalue weighted by molar-refractivity contribution is 6.03. The minimum absolute atomic E-state index is 0.132. The molecule has 0 spiro atoms. The molecule has 1 unspecified atom stereocenters. The molecule has 1 heterocycles. The molecule has 2 rings (SSSR count). The predicted octanol–water partition coefficient (Wildman–Crippen LogP) is 3.60. The van der Waals surface area contributed by atoms with E-state index in [0.29, 0.717) is 6.42 Å². The Hall–Kier alpha value is -1.91. The summed E-state index contributed by atoms with van der Waals surface area (Å²) in [6.45, 7) is 13.7. The first-order chi connectivity index (χ1) is 12.2. The summed E-state index contributed by atoms with van der Waals surface area (Å²) in [5.74, 6) is 0.132. The molecule has 1 atom stereocenters. The van der Waals surface area contributed by atoms with Gasteiger partial charge in [-0.1, -0.05) is 19.1 Å². The Labute approximate surface area is 151 Å². The highest BCUT2D eigenvalue weighted by Crippen LogP contribution is 2.24. The van der Waals surface area contributed by atoms with E-state index in [-0.39, 0.29) is 5.78 Å². The number of benzene rings is 1. The van der Waals surface area contributed by atoms with Crippen molar-refractivity contribution >= 4 is 11.5 Å². The molecule has 1 N–H and O–H groups in total. The highest BCUT2D eigenvalue weighted by Gasteiger charge is 2.35. The van der Waals surface area contributed by atoms with Crippen molar-refractivity contribution in [1.82, 2.24) is 5.32 Å². The molecule has 0 aliphatic carbocycles. The number of nitrogens with one attached hydrogen (secondary N) is 1. The van der Waals surface area contributed by atoms with Gasteiger partial charge >= 0.3 is 0 Å². The number of anilines is 1.